The maximum Gasteiger partial charge on any atom is 0.245 e. The normalized spacial score (nSPS) is 11.3. The molecular formula is C17H10Cl3N7O2. The molecule has 0 aliphatic carbocycles. The number of halogens is 3. The van der Waals surface area contributed by atoms with E-state index in [2.05, 4.69) is 40.8 Å². The van der Waals surface area contributed by atoms with Crippen LogP contribution >= 0.6 is 34.8 Å². The summed E-state index contributed by atoms with van der Waals surface area (Å²) in [6.07, 6.45) is 1.34. The number of hydrazone groups is 1. The molecule has 0 fully saturated rings. The summed E-state index contributed by atoms with van der Waals surface area (Å²) in [7, 11) is 0. The van der Waals surface area contributed by atoms with E-state index in [0.29, 0.717) is 27.1 Å². The first-order valence-corrected chi connectivity index (χ1v) is 9.13. The van der Waals surface area contributed by atoms with E-state index in [0.717, 1.165) is 0 Å². The Hall–Kier alpha value is -3.14. The highest BCUT2D eigenvalue weighted by atomic mass is 35.5. The molecular weight excluding hydrogens is 441 g/mol. The molecule has 0 aliphatic heterocycles. The first-order chi connectivity index (χ1) is 14.0. The van der Waals surface area contributed by atoms with E-state index in [1.165, 1.54) is 18.3 Å². The number of anilines is 3. The van der Waals surface area contributed by atoms with Crippen LogP contribution in [0.25, 0.3) is 11.3 Å². The van der Waals surface area contributed by atoms with Crippen molar-refractivity contribution in [3.05, 3.63) is 57.0 Å². The molecule has 3 N–H and O–H groups in total. The standard InChI is InChI=1S/C17H10Cl3N7O2/c18-9-2-1-3-11(5-9)22-14-15(24-17-16(23-14)26-29-27-17)25-21-7-8-4-10(19)6-12(20)13(8)28/h1-7,28H,(H,22,23,26)(H,24,25,27)/b21-7-. The van der Waals surface area contributed by atoms with Crippen molar-refractivity contribution in [2.24, 2.45) is 5.10 Å². The van der Waals surface area contributed by atoms with Crippen LogP contribution in [0, 0.1) is 0 Å². The van der Waals surface area contributed by atoms with Gasteiger partial charge in [-0.3, -0.25) is 5.43 Å². The lowest BCUT2D eigenvalue weighted by Gasteiger charge is -2.09. The van der Waals surface area contributed by atoms with Gasteiger partial charge in [-0.15, -0.1) is 0 Å². The summed E-state index contributed by atoms with van der Waals surface area (Å²) < 4.78 is 4.66. The number of hydrogen-bond donors (Lipinski definition) is 3. The number of hydrogen-bond acceptors (Lipinski definition) is 9. The number of aromatic nitrogens is 4. The zero-order valence-electron chi connectivity index (χ0n) is 14.3. The van der Waals surface area contributed by atoms with E-state index in [4.69, 9.17) is 34.8 Å². The summed E-state index contributed by atoms with van der Waals surface area (Å²) in [5.74, 6) is 0.388. The highest BCUT2D eigenvalue weighted by Gasteiger charge is 2.13. The average molecular weight is 451 g/mol. The molecule has 2 heterocycles. The fraction of sp³-hybridized carbons (Fsp3) is 0. The molecule has 0 saturated heterocycles. The highest BCUT2D eigenvalue weighted by Crippen LogP contribution is 2.30. The minimum absolute atomic E-state index is 0.108. The predicted molar refractivity (Wildman–Crippen MR) is 111 cm³/mol. The van der Waals surface area contributed by atoms with Crippen LogP contribution in [0.15, 0.2) is 46.1 Å². The van der Waals surface area contributed by atoms with Crippen molar-refractivity contribution in [2.45, 2.75) is 0 Å². The van der Waals surface area contributed by atoms with Gasteiger partial charge in [0.1, 0.15) is 5.75 Å². The van der Waals surface area contributed by atoms with Crippen LogP contribution in [0.4, 0.5) is 17.3 Å². The van der Waals surface area contributed by atoms with E-state index in [1.54, 1.807) is 24.3 Å². The van der Waals surface area contributed by atoms with Gasteiger partial charge in [-0.25, -0.2) is 9.61 Å². The van der Waals surface area contributed by atoms with Crippen molar-refractivity contribution in [1.29, 1.82) is 0 Å². The van der Waals surface area contributed by atoms with Gasteiger partial charge in [-0.1, -0.05) is 40.9 Å². The third-order valence-corrected chi connectivity index (χ3v) is 4.37. The van der Waals surface area contributed by atoms with Crippen LogP contribution < -0.4 is 10.7 Å². The largest absolute Gasteiger partial charge is 0.506 e. The second-order valence-electron chi connectivity index (χ2n) is 5.66. The van der Waals surface area contributed by atoms with Gasteiger partial charge in [0.15, 0.2) is 11.6 Å². The number of phenolic OH excluding ortho intramolecular Hbond substituents is 1. The van der Waals surface area contributed by atoms with Gasteiger partial charge in [0.25, 0.3) is 0 Å². The molecule has 146 valence electrons. The van der Waals surface area contributed by atoms with Crippen molar-refractivity contribution in [3.8, 4) is 5.75 Å². The topological polar surface area (TPSA) is 121 Å². The summed E-state index contributed by atoms with van der Waals surface area (Å²) in [5, 5.41) is 25.5. The maximum absolute atomic E-state index is 10.0. The zero-order chi connectivity index (χ0) is 20.4. The Kier molecular flexibility index (Phi) is 5.34. The molecule has 12 heteroatoms. The smallest absolute Gasteiger partial charge is 0.245 e. The quantitative estimate of drug-likeness (QED) is 0.291. The Bertz CT molecular complexity index is 1230. The van der Waals surface area contributed by atoms with Gasteiger partial charge in [-0.05, 0) is 40.6 Å². The van der Waals surface area contributed by atoms with Gasteiger partial charge in [-0.2, -0.15) is 10.1 Å². The average Bonchev–Trinajstić information content (AvgIpc) is 3.13. The van der Waals surface area contributed by atoms with Crippen LogP contribution in [0.1, 0.15) is 5.56 Å². The molecule has 0 amide bonds. The molecule has 0 aliphatic rings. The molecule has 0 unspecified atom stereocenters. The van der Waals surface area contributed by atoms with Crippen LogP contribution in [0.3, 0.4) is 0 Å². The Labute approximate surface area is 178 Å². The predicted octanol–water partition coefficient (Wildman–Crippen LogP) is 4.87. The van der Waals surface area contributed by atoms with E-state index in [9.17, 15) is 5.11 Å². The molecule has 0 radical (unpaired) electrons. The highest BCUT2D eigenvalue weighted by molar-refractivity contribution is 6.36. The fourth-order valence-electron chi connectivity index (χ4n) is 2.35. The number of nitrogens with one attached hydrogen (secondary N) is 2. The second kappa shape index (κ2) is 8.08. The van der Waals surface area contributed by atoms with Crippen molar-refractivity contribution in [2.75, 3.05) is 10.7 Å². The third-order valence-electron chi connectivity index (χ3n) is 3.63. The van der Waals surface area contributed by atoms with Crippen LogP contribution in [-0.2, 0) is 0 Å². The molecule has 29 heavy (non-hydrogen) atoms. The molecule has 0 bridgehead atoms. The van der Waals surface area contributed by atoms with E-state index < -0.39 is 0 Å². The lowest BCUT2D eigenvalue weighted by atomic mass is 10.2. The first kappa shape index (κ1) is 19.2. The summed E-state index contributed by atoms with van der Waals surface area (Å²) in [6.45, 7) is 0. The molecule has 2 aromatic carbocycles. The van der Waals surface area contributed by atoms with Gasteiger partial charge in [0, 0.05) is 21.3 Å². The molecule has 0 atom stereocenters. The lowest BCUT2D eigenvalue weighted by Crippen LogP contribution is -2.03. The maximum atomic E-state index is 10.0. The minimum atomic E-state index is -0.152. The molecule has 4 rings (SSSR count). The van der Waals surface area contributed by atoms with Gasteiger partial charge in [0.05, 0.1) is 11.2 Å². The van der Waals surface area contributed by atoms with Gasteiger partial charge < -0.3 is 10.4 Å². The van der Waals surface area contributed by atoms with Gasteiger partial charge in [0.2, 0.25) is 11.3 Å². The monoisotopic (exact) mass is 449 g/mol. The third kappa shape index (κ3) is 4.32. The second-order valence-corrected chi connectivity index (χ2v) is 6.94. The Balaban J connectivity index is 1.65. The van der Waals surface area contributed by atoms with Crippen molar-refractivity contribution < 1.29 is 9.74 Å². The van der Waals surface area contributed by atoms with E-state index in [-0.39, 0.29) is 27.9 Å². The molecule has 0 spiro atoms. The fourth-order valence-corrected chi connectivity index (χ4v) is 3.05. The molecule has 4 aromatic rings. The summed E-state index contributed by atoms with van der Waals surface area (Å²) in [5.41, 5.74) is 4.13. The number of nitrogens with zero attached hydrogens (tertiary/aromatic N) is 5. The SMILES string of the molecule is Oc1c(Cl)cc(Cl)cc1/C=N\Nc1nc2nonc2nc1Nc1cccc(Cl)c1. The number of fused-ring (bicyclic) bond motifs is 1. The lowest BCUT2D eigenvalue weighted by molar-refractivity contribution is 0.314. The van der Waals surface area contributed by atoms with Crippen molar-refractivity contribution in [3.63, 3.8) is 0 Å². The van der Waals surface area contributed by atoms with Crippen LogP contribution in [0.5, 0.6) is 5.75 Å². The first-order valence-electron chi connectivity index (χ1n) is 7.99. The van der Waals surface area contributed by atoms with Crippen molar-refractivity contribution in [1.82, 2.24) is 20.3 Å². The van der Waals surface area contributed by atoms with E-state index >= 15 is 0 Å². The van der Waals surface area contributed by atoms with Crippen molar-refractivity contribution >= 4 is 69.6 Å². The zero-order valence-corrected chi connectivity index (χ0v) is 16.5. The molecule has 0 saturated carbocycles. The molecule has 2 aromatic heterocycles. The number of phenols is 1. The summed E-state index contributed by atoms with van der Waals surface area (Å²) >= 11 is 17.9. The van der Waals surface area contributed by atoms with Gasteiger partial charge >= 0.3 is 0 Å². The number of rotatable bonds is 5. The Morgan fingerprint density at radius 2 is 1.72 bits per heavy atom. The van der Waals surface area contributed by atoms with Crippen LogP contribution in [0.2, 0.25) is 15.1 Å². The number of aromatic hydroxyl groups is 1. The summed E-state index contributed by atoms with van der Waals surface area (Å²) in [6, 6.07) is 9.98. The molecule has 9 nitrogen and oxygen atoms in total. The number of benzene rings is 2. The van der Waals surface area contributed by atoms with E-state index in [1.807, 2.05) is 0 Å². The minimum Gasteiger partial charge on any atom is -0.506 e. The Morgan fingerprint density at radius 1 is 0.966 bits per heavy atom. The Morgan fingerprint density at radius 3 is 2.48 bits per heavy atom. The van der Waals surface area contributed by atoms with Crippen LogP contribution in [-0.4, -0.2) is 31.6 Å². The summed E-state index contributed by atoms with van der Waals surface area (Å²) in [4.78, 5) is 8.60.